The Morgan fingerprint density at radius 3 is 2.83 bits per heavy atom. The third kappa shape index (κ3) is 0.929. The summed E-state index contributed by atoms with van der Waals surface area (Å²) in [5.41, 5.74) is 0.232. The number of rotatable bonds is 2. The Morgan fingerprint density at radius 1 is 1.75 bits per heavy atom. The zero-order chi connectivity index (χ0) is 8.60. The molecule has 66 valence electrons. The predicted molar refractivity (Wildman–Crippen MR) is 39.5 cm³/mol. The fourth-order valence-corrected chi connectivity index (χ4v) is 1.19. The van der Waals surface area contributed by atoms with Crippen LogP contribution < -0.4 is 0 Å². The summed E-state index contributed by atoms with van der Waals surface area (Å²) in [6, 6.07) is 0. The molecule has 5 heteroatoms. The Kier molecular flexibility index (Phi) is 1.61. The molecule has 0 aromatic carbocycles. The molecular formula is C7H10FN3O. The highest BCUT2D eigenvalue weighted by Gasteiger charge is 2.41. The molecule has 1 aromatic heterocycles. The van der Waals surface area contributed by atoms with Gasteiger partial charge in [-0.05, 0) is 6.92 Å². The standard InChI is InChI=1S/C7H10FN3O/c1-6-2-11(10-9-6)7(3-8)4-12-5-7/h2H,3-5H2,1H3. The molecule has 0 aliphatic carbocycles. The first-order valence-electron chi connectivity index (χ1n) is 3.80. The highest BCUT2D eigenvalue weighted by atomic mass is 19.1. The van der Waals surface area contributed by atoms with Gasteiger partial charge in [-0.2, -0.15) is 0 Å². The van der Waals surface area contributed by atoms with Crippen LogP contribution in [0.2, 0.25) is 0 Å². The van der Waals surface area contributed by atoms with E-state index >= 15 is 0 Å². The molecule has 0 unspecified atom stereocenters. The van der Waals surface area contributed by atoms with Crippen LogP contribution in [0.3, 0.4) is 0 Å². The summed E-state index contributed by atoms with van der Waals surface area (Å²) in [5, 5.41) is 7.63. The third-order valence-corrected chi connectivity index (χ3v) is 2.08. The fourth-order valence-electron chi connectivity index (χ4n) is 1.19. The van der Waals surface area contributed by atoms with Gasteiger partial charge in [-0.25, -0.2) is 9.07 Å². The second-order valence-electron chi connectivity index (χ2n) is 3.16. The average Bonchev–Trinajstić information content (AvgIpc) is 2.35. The maximum absolute atomic E-state index is 12.6. The van der Waals surface area contributed by atoms with E-state index < -0.39 is 12.2 Å². The Labute approximate surface area is 69.3 Å². The van der Waals surface area contributed by atoms with Crippen LogP contribution >= 0.6 is 0 Å². The Hall–Kier alpha value is -0.970. The molecule has 0 bridgehead atoms. The zero-order valence-corrected chi connectivity index (χ0v) is 6.83. The van der Waals surface area contributed by atoms with Gasteiger partial charge >= 0.3 is 0 Å². The quantitative estimate of drug-likeness (QED) is 0.641. The average molecular weight is 171 g/mol. The summed E-state index contributed by atoms with van der Waals surface area (Å²) < 4.78 is 19.1. The molecular weight excluding hydrogens is 161 g/mol. The summed E-state index contributed by atoms with van der Waals surface area (Å²) in [4.78, 5) is 0. The fraction of sp³-hybridized carbons (Fsp3) is 0.714. The summed E-state index contributed by atoms with van der Waals surface area (Å²) in [7, 11) is 0. The van der Waals surface area contributed by atoms with E-state index in [0.29, 0.717) is 13.2 Å². The van der Waals surface area contributed by atoms with Gasteiger partial charge in [0, 0.05) is 6.20 Å². The summed E-state index contributed by atoms with van der Waals surface area (Å²) >= 11 is 0. The Balaban J connectivity index is 2.27. The minimum absolute atomic E-state index is 0.395. The van der Waals surface area contributed by atoms with Crippen molar-refractivity contribution in [3.8, 4) is 0 Å². The predicted octanol–water partition coefficient (Wildman–Crippen LogP) is 0.282. The zero-order valence-electron chi connectivity index (χ0n) is 6.83. The lowest BCUT2D eigenvalue weighted by molar-refractivity contribution is -0.118. The lowest BCUT2D eigenvalue weighted by Gasteiger charge is -2.38. The summed E-state index contributed by atoms with van der Waals surface area (Å²) in [6.45, 7) is 2.17. The van der Waals surface area contributed by atoms with Gasteiger partial charge in [0.1, 0.15) is 12.2 Å². The second kappa shape index (κ2) is 2.52. The van der Waals surface area contributed by atoms with Crippen LogP contribution in [0.4, 0.5) is 4.39 Å². The smallest absolute Gasteiger partial charge is 0.139 e. The van der Waals surface area contributed by atoms with Gasteiger partial charge in [0.25, 0.3) is 0 Å². The first-order valence-corrected chi connectivity index (χ1v) is 3.80. The molecule has 0 spiro atoms. The largest absolute Gasteiger partial charge is 0.376 e. The maximum atomic E-state index is 12.6. The number of aryl methyl sites for hydroxylation is 1. The molecule has 0 atom stereocenters. The van der Waals surface area contributed by atoms with Crippen LogP contribution in [-0.4, -0.2) is 34.9 Å². The number of ether oxygens (including phenoxy) is 1. The Morgan fingerprint density at radius 2 is 2.50 bits per heavy atom. The van der Waals surface area contributed by atoms with E-state index in [1.165, 1.54) is 0 Å². The van der Waals surface area contributed by atoms with Crippen molar-refractivity contribution < 1.29 is 9.13 Å². The topological polar surface area (TPSA) is 39.9 Å². The van der Waals surface area contributed by atoms with Crippen molar-refractivity contribution in [3.63, 3.8) is 0 Å². The molecule has 1 saturated heterocycles. The van der Waals surface area contributed by atoms with Gasteiger partial charge in [0.05, 0.1) is 18.9 Å². The van der Waals surface area contributed by atoms with E-state index in [9.17, 15) is 4.39 Å². The lowest BCUT2D eigenvalue weighted by atomic mass is 10.0. The van der Waals surface area contributed by atoms with Crippen LogP contribution in [0, 0.1) is 6.92 Å². The molecule has 1 aromatic rings. The summed E-state index contributed by atoms with van der Waals surface area (Å²) in [6.07, 6.45) is 1.74. The van der Waals surface area contributed by atoms with Gasteiger partial charge in [0.15, 0.2) is 0 Å². The lowest BCUT2D eigenvalue weighted by Crippen LogP contribution is -2.53. The molecule has 0 amide bonds. The number of hydrogen-bond donors (Lipinski definition) is 0. The monoisotopic (exact) mass is 171 g/mol. The first kappa shape index (κ1) is 7.67. The van der Waals surface area contributed by atoms with Crippen molar-refractivity contribution in [2.45, 2.75) is 12.5 Å². The third-order valence-electron chi connectivity index (χ3n) is 2.08. The van der Waals surface area contributed by atoms with E-state index in [0.717, 1.165) is 5.69 Å². The van der Waals surface area contributed by atoms with Crippen LogP contribution in [0.5, 0.6) is 0 Å². The Bertz CT molecular complexity index is 276. The molecule has 1 aliphatic heterocycles. The van der Waals surface area contributed by atoms with Crippen LogP contribution in [0.1, 0.15) is 5.69 Å². The SMILES string of the molecule is Cc1cn(C2(CF)COC2)nn1. The molecule has 0 saturated carbocycles. The number of hydrogen-bond acceptors (Lipinski definition) is 3. The van der Waals surface area contributed by atoms with Gasteiger partial charge < -0.3 is 4.74 Å². The van der Waals surface area contributed by atoms with Crippen LogP contribution in [0.25, 0.3) is 0 Å². The van der Waals surface area contributed by atoms with Gasteiger partial charge in [-0.15, -0.1) is 5.10 Å². The number of aromatic nitrogens is 3. The van der Waals surface area contributed by atoms with Crippen molar-refractivity contribution in [3.05, 3.63) is 11.9 Å². The molecule has 2 heterocycles. The first-order chi connectivity index (χ1) is 5.77. The minimum Gasteiger partial charge on any atom is -0.376 e. The van der Waals surface area contributed by atoms with Gasteiger partial charge in [-0.1, -0.05) is 5.21 Å². The minimum atomic E-state index is -0.568. The second-order valence-corrected chi connectivity index (χ2v) is 3.16. The molecule has 4 nitrogen and oxygen atoms in total. The summed E-state index contributed by atoms with van der Waals surface area (Å²) in [5.74, 6) is 0. The highest BCUT2D eigenvalue weighted by Crippen LogP contribution is 2.25. The molecule has 2 rings (SSSR count). The van der Waals surface area contributed by atoms with Crippen molar-refractivity contribution in [1.29, 1.82) is 0 Å². The van der Waals surface area contributed by atoms with E-state index in [-0.39, 0.29) is 0 Å². The molecule has 12 heavy (non-hydrogen) atoms. The van der Waals surface area contributed by atoms with Crippen molar-refractivity contribution in [2.75, 3.05) is 19.9 Å². The van der Waals surface area contributed by atoms with E-state index in [1.54, 1.807) is 10.9 Å². The van der Waals surface area contributed by atoms with Crippen LogP contribution in [0.15, 0.2) is 6.20 Å². The van der Waals surface area contributed by atoms with Crippen molar-refractivity contribution in [2.24, 2.45) is 0 Å². The number of nitrogens with zero attached hydrogens (tertiary/aromatic N) is 3. The van der Waals surface area contributed by atoms with E-state index in [1.807, 2.05) is 6.92 Å². The van der Waals surface area contributed by atoms with Gasteiger partial charge in [0.2, 0.25) is 0 Å². The number of alkyl halides is 1. The van der Waals surface area contributed by atoms with E-state index in [4.69, 9.17) is 4.74 Å². The normalized spacial score (nSPS) is 20.5. The van der Waals surface area contributed by atoms with Crippen LogP contribution in [-0.2, 0) is 10.3 Å². The molecule has 1 aliphatic rings. The van der Waals surface area contributed by atoms with Crippen molar-refractivity contribution >= 4 is 0 Å². The van der Waals surface area contributed by atoms with Crippen molar-refractivity contribution in [1.82, 2.24) is 15.0 Å². The maximum Gasteiger partial charge on any atom is 0.139 e. The molecule has 0 radical (unpaired) electrons. The number of halogens is 1. The van der Waals surface area contributed by atoms with E-state index in [2.05, 4.69) is 10.3 Å². The molecule has 1 fully saturated rings. The van der Waals surface area contributed by atoms with Gasteiger partial charge in [-0.3, -0.25) is 0 Å². The molecule has 0 N–H and O–H groups in total. The highest BCUT2D eigenvalue weighted by molar-refractivity contribution is 4.97.